The largest absolute Gasteiger partial charge is 0.462 e. The Balaban J connectivity index is 2.27. The van der Waals surface area contributed by atoms with Crippen LogP contribution in [0.2, 0.25) is 0 Å². The number of nitrogens with one attached hydrogen (secondary N) is 1. The molecule has 1 aromatic heterocycles. The van der Waals surface area contributed by atoms with Crippen LogP contribution >= 0.6 is 15.9 Å². The zero-order valence-corrected chi connectivity index (χ0v) is 16.1. The van der Waals surface area contributed by atoms with E-state index >= 15 is 0 Å². The molecule has 0 aliphatic carbocycles. The van der Waals surface area contributed by atoms with E-state index in [1.807, 2.05) is 6.92 Å². The molecule has 0 fully saturated rings. The van der Waals surface area contributed by atoms with Crippen molar-refractivity contribution in [1.82, 2.24) is 4.98 Å². The Morgan fingerprint density at radius 1 is 1.22 bits per heavy atom. The molecule has 0 radical (unpaired) electrons. The van der Waals surface area contributed by atoms with Crippen molar-refractivity contribution in [2.75, 3.05) is 12.3 Å². The van der Waals surface area contributed by atoms with Gasteiger partial charge in [-0.25, -0.2) is 4.79 Å². The average Bonchev–Trinajstić information content (AvgIpc) is 2.89. The quantitative estimate of drug-likeness (QED) is 0.514. The molecule has 0 saturated heterocycles. The number of rotatable bonds is 3. The van der Waals surface area contributed by atoms with Crippen molar-refractivity contribution in [3.05, 3.63) is 51.5 Å². The number of aromatic amines is 1. The molecule has 4 nitrogen and oxygen atoms in total. The molecule has 0 aliphatic heterocycles. The monoisotopic (exact) mass is 440 g/mol. The van der Waals surface area contributed by atoms with E-state index < -0.39 is 17.7 Å². The minimum absolute atomic E-state index is 0.0619. The normalized spacial score (nSPS) is 11.8. The highest BCUT2D eigenvalue weighted by Gasteiger charge is 2.32. The van der Waals surface area contributed by atoms with Gasteiger partial charge in [0.1, 0.15) is 5.82 Å². The van der Waals surface area contributed by atoms with Gasteiger partial charge in [0.25, 0.3) is 0 Å². The second-order valence-electron chi connectivity index (χ2n) is 5.99. The fourth-order valence-electron chi connectivity index (χ4n) is 3.06. The van der Waals surface area contributed by atoms with E-state index in [2.05, 4.69) is 20.9 Å². The number of hydrogen-bond donors (Lipinski definition) is 2. The Bertz CT molecular complexity index is 1040. The van der Waals surface area contributed by atoms with Crippen LogP contribution in [0.25, 0.3) is 22.0 Å². The maximum Gasteiger partial charge on any atom is 0.416 e. The first-order valence-electron chi connectivity index (χ1n) is 8.10. The second kappa shape index (κ2) is 6.92. The Hall–Kier alpha value is -2.48. The van der Waals surface area contributed by atoms with Crippen LogP contribution in [0.3, 0.4) is 0 Å². The fraction of sp³-hybridized carbons (Fsp3) is 0.211. The first kappa shape index (κ1) is 19.3. The number of H-pyrrole nitrogens is 1. The van der Waals surface area contributed by atoms with E-state index in [0.29, 0.717) is 21.4 Å². The number of anilines is 1. The summed E-state index contributed by atoms with van der Waals surface area (Å²) in [6.07, 6.45) is -4.56. The minimum Gasteiger partial charge on any atom is -0.462 e. The van der Waals surface area contributed by atoms with Gasteiger partial charge in [0.2, 0.25) is 0 Å². The number of carbonyl (C=O) groups is 1. The third-order valence-corrected chi connectivity index (χ3v) is 5.15. The summed E-state index contributed by atoms with van der Waals surface area (Å²) < 4.78 is 45.0. The van der Waals surface area contributed by atoms with Crippen molar-refractivity contribution in [2.45, 2.75) is 20.0 Å². The van der Waals surface area contributed by atoms with Gasteiger partial charge in [0.15, 0.2) is 0 Å². The predicted molar refractivity (Wildman–Crippen MR) is 102 cm³/mol. The number of alkyl halides is 3. The molecule has 3 rings (SSSR count). The summed E-state index contributed by atoms with van der Waals surface area (Å²) >= 11 is 3.42. The zero-order chi connectivity index (χ0) is 19.9. The molecule has 0 bridgehead atoms. The lowest BCUT2D eigenvalue weighted by atomic mass is 9.92. The SMILES string of the molecule is CCOC(=O)c1cc(C(F)(F)F)ccc1-c1ccc2[nH]c(N)c(Br)c2c1C. The molecule has 3 N–H and O–H groups in total. The Labute approximate surface area is 161 Å². The minimum atomic E-state index is -4.56. The molecule has 0 unspecified atom stereocenters. The van der Waals surface area contributed by atoms with Gasteiger partial charge in [0.05, 0.1) is 22.2 Å². The van der Waals surface area contributed by atoms with Crippen molar-refractivity contribution >= 4 is 38.6 Å². The highest BCUT2D eigenvalue weighted by Crippen LogP contribution is 2.39. The highest BCUT2D eigenvalue weighted by molar-refractivity contribution is 9.10. The predicted octanol–water partition coefficient (Wildman–Crippen LogP) is 5.68. The smallest absolute Gasteiger partial charge is 0.416 e. The Morgan fingerprint density at radius 2 is 1.89 bits per heavy atom. The van der Waals surface area contributed by atoms with E-state index in [4.69, 9.17) is 10.5 Å². The van der Waals surface area contributed by atoms with E-state index in [1.165, 1.54) is 6.07 Å². The second-order valence-corrected chi connectivity index (χ2v) is 6.78. The van der Waals surface area contributed by atoms with Crippen LogP contribution in [0.5, 0.6) is 0 Å². The lowest BCUT2D eigenvalue weighted by Gasteiger charge is -2.15. The van der Waals surface area contributed by atoms with Crippen molar-refractivity contribution < 1.29 is 22.7 Å². The lowest BCUT2D eigenvalue weighted by Crippen LogP contribution is -2.11. The number of carbonyl (C=O) groups excluding carboxylic acids is 1. The van der Waals surface area contributed by atoms with Crippen LogP contribution < -0.4 is 5.73 Å². The van der Waals surface area contributed by atoms with Crippen molar-refractivity contribution in [1.29, 1.82) is 0 Å². The summed E-state index contributed by atoms with van der Waals surface area (Å²) in [5.41, 5.74) is 7.41. The summed E-state index contributed by atoms with van der Waals surface area (Å²) in [7, 11) is 0. The van der Waals surface area contributed by atoms with Gasteiger partial charge in [-0.15, -0.1) is 0 Å². The molecular weight excluding hydrogens is 425 g/mol. The number of halogens is 4. The van der Waals surface area contributed by atoms with Crippen LogP contribution in [0.4, 0.5) is 19.0 Å². The third-order valence-electron chi connectivity index (χ3n) is 4.32. The van der Waals surface area contributed by atoms with Gasteiger partial charge in [-0.2, -0.15) is 13.2 Å². The molecule has 1 heterocycles. The van der Waals surface area contributed by atoms with Crippen molar-refractivity contribution in [3.63, 3.8) is 0 Å². The number of aryl methyl sites for hydroxylation is 1. The molecule has 0 saturated carbocycles. The van der Waals surface area contributed by atoms with E-state index in [9.17, 15) is 18.0 Å². The summed E-state index contributed by atoms with van der Waals surface area (Å²) in [6, 6.07) is 6.60. The van der Waals surface area contributed by atoms with Gasteiger partial charge in [-0.1, -0.05) is 12.1 Å². The average molecular weight is 441 g/mol. The third kappa shape index (κ3) is 3.41. The van der Waals surface area contributed by atoms with Gasteiger partial charge >= 0.3 is 12.1 Å². The molecule has 2 aromatic carbocycles. The molecular formula is C19H16BrF3N2O2. The zero-order valence-electron chi connectivity index (χ0n) is 14.5. The molecule has 27 heavy (non-hydrogen) atoms. The van der Waals surface area contributed by atoms with Gasteiger partial charge in [-0.05, 0) is 64.7 Å². The number of benzene rings is 2. The van der Waals surface area contributed by atoms with E-state index in [1.54, 1.807) is 19.1 Å². The number of hydrogen-bond acceptors (Lipinski definition) is 3. The Kier molecular flexibility index (Phi) is 4.94. The summed E-state index contributed by atoms with van der Waals surface area (Å²) in [5.74, 6) is -0.353. The maximum absolute atomic E-state index is 13.1. The Morgan fingerprint density at radius 3 is 2.52 bits per heavy atom. The maximum atomic E-state index is 13.1. The molecule has 0 amide bonds. The summed E-state index contributed by atoms with van der Waals surface area (Å²) in [5, 5.41) is 0.805. The molecule has 0 aliphatic rings. The standard InChI is InChI=1S/C19H16BrF3N2O2/c1-3-27-18(26)13-8-10(19(21,22)23)4-5-12(13)11-6-7-14-15(9(11)2)16(20)17(24)25-14/h4-8,25H,3,24H2,1-2H3. The summed E-state index contributed by atoms with van der Waals surface area (Å²) in [4.78, 5) is 15.4. The number of nitrogens with two attached hydrogens (primary N) is 1. The molecule has 3 aromatic rings. The topological polar surface area (TPSA) is 68.1 Å². The first-order valence-corrected chi connectivity index (χ1v) is 8.89. The van der Waals surface area contributed by atoms with Gasteiger partial charge in [-0.3, -0.25) is 0 Å². The van der Waals surface area contributed by atoms with Crippen LogP contribution in [-0.2, 0) is 10.9 Å². The molecule has 8 heteroatoms. The lowest BCUT2D eigenvalue weighted by molar-refractivity contribution is -0.137. The number of nitrogen functional groups attached to an aromatic ring is 1. The fourth-order valence-corrected chi connectivity index (χ4v) is 3.67. The van der Waals surface area contributed by atoms with E-state index in [-0.39, 0.29) is 12.2 Å². The van der Waals surface area contributed by atoms with Crippen LogP contribution in [0.1, 0.15) is 28.4 Å². The molecule has 142 valence electrons. The number of ether oxygens (including phenoxy) is 1. The van der Waals surface area contributed by atoms with Crippen LogP contribution in [0, 0.1) is 6.92 Å². The molecule has 0 atom stereocenters. The van der Waals surface area contributed by atoms with Gasteiger partial charge in [0, 0.05) is 10.9 Å². The van der Waals surface area contributed by atoms with Gasteiger partial charge < -0.3 is 15.5 Å². The van der Waals surface area contributed by atoms with Crippen LogP contribution in [-0.4, -0.2) is 17.6 Å². The van der Waals surface area contributed by atoms with Crippen molar-refractivity contribution in [2.24, 2.45) is 0 Å². The number of esters is 1. The first-order chi connectivity index (χ1) is 12.6. The number of aromatic nitrogens is 1. The van der Waals surface area contributed by atoms with Crippen molar-refractivity contribution in [3.8, 4) is 11.1 Å². The number of fused-ring (bicyclic) bond motifs is 1. The van der Waals surface area contributed by atoms with E-state index in [0.717, 1.165) is 28.6 Å². The molecule has 0 spiro atoms. The van der Waals surface area contributed by atoms with Crippen LogP contribution in [0.15, 0.2) is 34.8 Å². The highest BCUT2D eigenvalue weighted by atomic mass is 79.9. The summed E-state index contributed by atoms with van der Waals surface area (Å²) in [6.45, 7) is 3.48.